The Morgan fingerprint density at radius 3 is 2.77 bits per heavy atom. The van der Waals surface area contributed by atoms with Gasteiger partial charge in [-0.1, -0.05) is 29.8 Å². The second-order valence-corrected chi connectivity index (χ2v) is 6.65. The van der Waals surface area contributed by atoms with Crippen molar-refractivity contribution in [2.24, 2.45) is 11.7 Å². The normalized spacial score (nSPS) is 17.6. The SMILES string of the molecule is N=CC(=CN)c1ccc(N2CCC(Cc3ccccc3Cl)C2=O)cc1O. The zero-order valence-corrected chi connectivity index (χ0v) is 14.9. The van der Waals surface area contributed by atoms with Gasteiger partial charge in [-0.15, -0.1) is 0 Å². The molecule has 5 nitrogen and oxygen atoms in total. The number of aromatic hydroxyl groups is 1. The molecular formula is C20H20ClN3O2. The van der Waals surface area contributed by atoms with Gasteiger partial charge in [-0.3, -0.25) is 4.79 Å². The number of phenols is 1. The van der Waals surface area contributed by atoms with Gasteiger partial charge in [0.25, 0.3) is 0 Å². The molecule has 4 N–H and O–H groups in total. The minimum Gasteiger partial charge on any atom is -0.507 e. The van der Waals surface area contributed by atoms with Crippen molar-refractivity contribution >= 4 is 35.0 Å². The lowest BCUT2D eigenvalue weighted by atomic mass is 9.98. The molecule has 2 aromatic rings. The maximum Gasteiger partial charge on any atom is 0.230 e. The minimum atomic E-state index is -0.127. The fourth-order valence-corrected chi connectivity index (χ4v) is 3.47. The highest BCUT2D eigenvalue weighted by atomic mass is 35.5. The Morgan fingerprint density at radius 2 is 2.12 bits per heavy atom. The predicted molar refractivity (Wildman–Crippen MR) is 105 cm³/mol. The van der Waals surface area contributed by atoms with Crippen LogP contribution in [0.1, 0.15) is 17.5 Å². The first kappa shape index (κ1) is 18.0. The molecule has 0 spiro atoms. The molecule has 0 aliphatic carbocycles. The van der Waals surface area contributed by atoms with Crippen molar-refractivity contribution in [2.75, 3.05) is 11.4 Å². The van der Waals surface area contributed by atoms with Crippen LogP contribution >= 0.6 is 11.6 Å². The van der Waals surface area contributed by atoms with Crippen LogP contribution in [0, 0.1) is 11.3 Å². The molecule has 134 valence electrons. The van der Waals surface area contributed by atoms with Crippen molar-refractivity contribution in [3.63, 3.8) is 0 Å². The summed E-state index contributed by atoms with van der Waals surface area (Å²) >= 11 is 6.21. The number of amides is 1. The largest absolute Gasteiger partial charge is 0.507 e. The van der Waals surface area contributed by atoms with E-state index in [9.17, 15) is 9.90 Å². The third-order valence-corrected chi connectivity index (χ3v) is 5.05. The van der Waals surface area contributed by atoms with E-state index in [1.807, 2.05) is 24.3 Å². The monoisotopic (exact) mass is 369 g/mol. The second kappa shape index (κ2) is 7.62. The number of rotatable bonds is 5. The third-order valence-electron chi connectivity index (χ3n) is 4.68. The molecule has 1 heterocycles. The summed E-state index contributed by atoms with van der Waals surface area (Å²) in [7, 11) is 0. The van der Waals surface area contributed by atoms with Crippen molar-refractivity contribution in [1.29, 1.82) is 5.41 Å². The first-order valence-corrected chi connectivity index (χ1v) is 8.73. The smallest absolute Gasteiger partial charge is 0.230 e. The minimum absolute atomic E-state index is 0.00921. The maximum atomic E-state index is 12.8. The van der Waals surface area contributed by atoms with Gasteiger partial charge in [0.05, 0.1) is 0 Å². The second-order valence-electron chi connectivity index (χ2n) is 6.24. The van der Waals surface area contributed by atoms with E-state index in [-0.39, 0.29) is 17.6 Å². The summed E-state index contributed by atoms with van der Waals surface area (Å²) in [4.78, 5) is 14.5. The van der Waals surface area contributed by atoms with E-state index in [1.165, 1.54) is 12.3 Å². The molecule has 1 saturated heterocycles. The molecule has 26 heavy (non-hydrogen) atoms. The number of phenolic OH excluding ortho intramolecular Hbond substituents is 1. The highest BCUT2D eigenvalue weighted by Crippen LogP contribution is 2.33. The highest BCUT2D eigenvalue weighted by molar-refractivity contribution is 6.31. The zero-order chi connectivity index (χ0) is 18.7. The van der Waals surface area contributed by atoms with Gasteiger partial charge in [-0.05, 0) is 36.6 Å². The van der Waals surface area contributed by atoms with E-state index >= 15 is 0 Å². The van der Waals surface area contributed by atoms with Crippen LogP contribution in [-0.4, -0.2) is 23.8 Å². The van der Waals surface area contributed by atoms with E-state index in [2.05, 4.69) is 0 Å². The average molecular weight is 370 g/mol. The third kappa shape index (κ3) is 3.44. The highest BCUT2D eigenvalue weighted by Gasteiger charge is 2.33. The van der Waals surface area contributed by atoms with Crippen LogP contribution in [0.15, 0.2) is 48.7 Å². The zero-order valence-electron chi connectivity index (χ0n) is 14.2. The summed E-state index contributed by atoms with van der Waals surface area (Å²) < 4.78 is 0. The number of nitrogens with two attached hydrogens (primary N) is 1. The molecule has 1 aliphatic rings. The van der Waals surface area contributed by atoms with E-state index in [0.717, 1.165) is 18.2 Å². The molecule has 0 saturated carbocycles. The molecular weight excluding hydrogens is 350 g/mol. The van der Waals surface area contributed by atoms with Crippen LogP contribution in [0.25, 0.3) is 5.57 Å². The van der Waals surface area contributed by atoms with Crippen molar-refractivity contribution in [3.8, 4) is 5.75 Å². The van der Waals surface area contributed by atoms with Crippen LogP contribution in [0.4, 0.5) is 5.69 Å². The topological polar surface area (TPSA) is 90.4 Å². The van der Waals surface area contributed by atoms with E-state index < -0.39 is 0 Å². The van der Waals surface area contributed by atoms with Crippen LogP contribution in [0.5, 0.6) is 5.75 Å². The summed E-state index contributed by atoms with van der Waals surface area (Å²) in [6.07, 6.45) is 3.69. The first-order valence-electron chi connectivity index (χ1n) is 8.35. The van der Waals surface area contributed by atoms with E-state index in [1.54, 1.807) is 17.0 Å². The maximum absolute atomic E-state index is 12.8. The molecule has 1 unspecified atom stereocenters. The van der Waals surface area contributed by atoms with Gasteiger partial charge in [0.2, 0.25) is 5.91 Å². The van der Waals surface area contributed by atoms with Gasteiger partial charge in [-0.25, -0.2) is 0 Å². The molecule has 6 heteroatoms. The molecule has 1 fully saturated rings. The van der Waals surface area contributed by atoms with E-state index in [0.29, 0.717) is 34.8 Å². The number of hydrogen-bond acceptors (Lipinski definition) is 4. The van der Waals surface area contributed by atoms with Gasteiger partial charge in [0.1, 0.15) is 5.75 Å². The standard InChI is InChI=1S/C20H20ClN3O2/c21-18-4-2-1-3-13(18)9-14-7-8-24(20(14)26)16-5-6-17(19(25)10-16)15(11-22)12-23/h1-6,10-12,14,22,25H,7-9,23H2. The van der Waals surface area contributed by atoms with Gasteiger partial charge >= 0.3 is 0 Å². The average Bonchev–Trinajstić information content (AvgIpc) is 3.00. The molecule has 3 rings (SSSR count). The Labute approximate surface area is 157 Å². The Bertz CT molecular complexity index is 879. The number of allylic oxidation sites excluding steroid dienone is 1. The predicted octanol–water partition coefficient (Wildman–Crippen LogP) is 3.59. The number of nitrogens with one attached hydrogen (secondary N) is 1. The van der Waals surface area contributed by atoms with Crippen LogP contribution in [0.3, 0.4) is 0 Å². The van der Waals surface area contributed by atoms with Crippen molar-refractivity contribution in [3.05, 3.63) is 64.8 Å². The molecule has 2 aromatic carbocycles. The lowest BCUT2D eigenvalue weighted by Gasteiger charge is -2.18. The summed E-state index contributed by atoms with van der Waals surface area (Å²) in [5, 5.41) is 18.3. The molecule has 0 radical (unpaired) electrons. The molecule has 1 atom stereocenters. The summed E-state index contributed by atoms with van der Waals surface area (Å²) in [5.74, 6) is -0.110. The van der Waals surface area contributed by atoms with Crippen LogP contribution in [0.2, 0.25) is 5.02 Å². The molecule has 1 amide bonds. The van der Waals surface area contributed by atoms with E-state index in [4.69, 9.17) is 22.7 Å². The quantitative estimate of drug-likeness (QED) is 0.703. The number of carbonyl (C=O) groups is 1. The summed E-state index contributed by atoms with van der Waals surface area (Å²) in [6, 6.07) is 12.5. The Balaban J connectivity index is 1.79. The number of anilines is 1. The fourth-order valence-electron chi connectivity index (χ4n) is 3.26. The molecule has 0 aromatic heterocycles. The Morgan fingerprint density at radius 1 is 1.35 bits per heavy atom. The number of nitrogens with zero attached hydrogens (tertiary/aromatic N) is 1. The molecule has 1 aliphatic heterocycles. The van der Waals surface area contributed by atoms with Gasteiger partial charge < -0.3 is 21.1 Å². The van der Waals surface area contributed by atoms with Crippen molar-refractivity contribution in [2.45, 2.75) is 12.8 Å². The number of carbonyl (C=O) groups excluding carboxylic acids is 1. The Hall–Kier alpha value is -2.79. The van der Waals surface area contributed by atoms with Crippen LogP contribution < -0.4 is 10.6 Å². The van der Waals surface area contributed by atoms with Gasteiger partial charge in [0.15, 0.2) is 0 Å². The van der Waals surface area contributed by atoms with Crippen molar-refractivity contribution in [1.82, 2.24) is 0 Å². The number of benzene rings is 2. The lowest BCUT2D eigenvalue weighted by Crippen LogP contribution is -2.27. The fraction of sp³-hybridized carbons (Fsp3) is 0.200. The van der Waals surface area contributed by atoms with Crippen LogP contribution in [-0.2, 0) is 11.2 Å². The Kier molecular flexibility index (Phi) is 5.28. The summed E-state index contributed by atoms with van der Waals surface area (Å²) in [6.45, 7) is 0.594. The molecule has 0 bridgehead atoms. The van der Waals surface area contributed by atoms with Gasteiger partial charge in [0, 0.05) is 52.8 Å². The van der Waals surface area contributed by atoms with Gasteiger partial charge in [-0.2, -0.15) is 0 Å². The first-order chi connectivity index (χ1) is 12.5. The summed E-state index contributed by atoms with van der Waals surface area (Å²) in [5.41, 5.74) is 7.96. The number of hydrogen-bond donors (Lipinski definition) is 3. The van der Waals surface area contributed by atoms with Crippen molar-refractivity contribution < 1.29 is 9.90 Å². The number of halogens is 1. The lowest BCUT2D eigenvalue weighted by molar-refractivity contribution is -0.120.